The van der Waals surface area contributed by atoms with Crippen LogP contribution in [-0.4, -0.2) is 276 Å². The highest BCUT2D eigenvalue weighted by Crippen LogP contribution is 2.26. The van der Waals surface area contributed by atoms with Crippen molar-refractivity contribution in [2.45, 2.75) is 216 Å². The number of aliphatic hydroxyl groups is 1. The molecule has 15 atom stereocenters. The number of aliphatic carboxylic acids is 1. The van der Waals surface area contributed by atoms with Gasteiger partial charge in [0, 0.05) is 103 Å². The second-order valence-corrected chi connectivity index (χ2v) is 34.6. The van der Waals surface area contributed by atoms with Crippen molar-refractivity contribution in [1.82, 2.24) is 110 Å². The van der Waals surface area contributed by atoms with E-state index in [9.17, 15) is 77.3 Å². The van der Waals surface area contributed by atoms with Crippen molar-refractivity contribution in [2.75, 3.05) is 31.1 Å². The molecule has 1 aliphatic rings. The number of aromatic amines is 3. The van der Waals surface area contributed by atoms with Gasteiger partial charge in [0.2, 0.25) is 106 Å². The Bertz CT molecular complexity index is 4950. The maximum atomic E-state index is 15.5. The number of carbonyl (C=O) groups is 19. The summed E-state index contributed by atoms with van der Waals surface area (Å²) < 4.78 is 0. The minimum atomic E-state index is -2.11. The predicted molar refractivity (Wildman–Crippen MR) is 481 cm³/mol. The van der Waals surface area contributed by atoms with Crippen molar-refractivity contribution >= 4 is 168 Å². The Morgan fingerprint density at radius 2 is 1.06 bits per heavy atom. The maximum Gasteiger partial charge on any atom is 0.305 e. The van der Waals surface area contributed by atoms with Gasteiger partial charge < -0.3 is 144 Å². The summed E-state index contributed by atoms with van der Waals surface area (Å²) >= 11 is 0. The van der Waals surface area contributed by atoms with E-state index < -0.39 is 277 Å². The molecule has 49 nitrogen and oxygen atoms in total. The Morgan fingerprint density at radius 3 is 1.61 bits per heavy atom. The number of para-hydroxylation sites is 2. The first-order valence-corrected chi connectivity index (χ1v) is 44.6. The number of nitrogens with zero attached hydrogens (tertiary/aromatic N) is 1. The van der Waals surface area contributed by atoms with Crippen LogP contribution < -0.4 is 119 Å². The molecule has 51 heteroatoms. The number of rotatable bonds is 35. The molecule has 4 heterocycles. The van der Waals surface area contributed by atoms with E-state index in [0.717, 1.165) is 35.4 Å². The first-order valence-electron chi connectivity index (χ1n) is 42.1. The number of amides is 18. The third-order valence-electron chi connectivity index (χ3n) is 20.4. The van der Waals surface area contributed by atoms with Crippen molar-refractivity contribution in [1.29, 1.82) is 10.8 Å². The molecule has 0 aliphatic carbocycles. The van der Waals surface area contributed by atoms with Crippen molar-refractivity contribution in [3.8, 4) is 0 Å². The Hall–Kier alpha value is -14.1. The molecule has 0 unspecified atom stereocenters. The van der Waals surface area contributed by atoms with Gasteiger partial charge in [-0.2, -0.15) is 0 Å². The van der Waals surface area contributed by atoms with E-state index in [1.54, 1.807) is 62.4 Å². The van der Waals surface area contributed by atoms with Crippen LogP contribution in [0.15, 0.2) is 73.4 Å². The predicted octanol–water partition coefficient (Wildman–Crippen LogP) is -7.55. The molecule has 6 rings (SSSR count). The summed E-state index contributed by atoms with van der Waals surface area (Å²) in [6.45, 7) is 8.58. The molecule has 0 bridgehead atoms. The maximum absolute atomic E-state index is 15.5. The van der Waals surface area contributed by atoms with Gasteiger partial charge in [0.05, 0.1) is 31.8 Å². The van der Waals surface area contributed by atoms with Gasteiger partial charge in [-0.1, -0.05) is 85.7 Å². The lowest BCUT2D eigenvalue weighted by Crippen LogP contribution is -2.62. The SMILES string of the molecule is CC(=O)N[C@@H](CC(N)=O)C(=O)N[C@@H](CCCNC(=N)N)C(=O)N[C@@H](CC(C)C)C(=O)N[C@H]1CSSC[C@@H](C(=O)N[C@H](C(N)=O)[C@@H](C)O)NC(=O)[C@H](CCCNC(=N)N)NC(=O)[C@H](Cc2cnc[nH]2)NC(=O)[C@H](C)NC(=O)CNC(=O)[C@H](Cc2c[nH]c3ccccc23)NC(=O)[C@H](CC(=O)O)NC(=O)[C@H](CCC(N)=O)NC(=O)[C@H](Cc2c[nH]c3ccccc23)NC(=O)[C@H](C(C)C)NC1=O. The Morgan fingerprint density at radius 1 is 0.545 bits per heavy atom. The number of benzene rings is 2. The number of hydrogen-bond donors (Lipinski definition) is 29. The molecule has 0 spiro atoms. The number of nitrogens with two attached hydrogens (primary N) is 5. The molecular weight excluding hydrogens is 1770 g/mol. The van der Waals surface area contributed by atoms with Crippen LogP contribution in [0.2, 0.25) is 0 Å². The van der Waals surface area contributed by atoms with Gasteiger partial charge >= 0.3 is 5.97 Å². The number of H-pyrrole nitrogens is 3. The first-order chi connectivity index (χ1) is 62.4. The third kappa shape index (κ3) is 35.4. The average molecular weight is 1880 g/mol. The molecular formula is C81H118N28O21S2. The quantitative estimate of drug-likeness (QED) is 0.00775. The summed E-state index contributed by atoms with van der Waals surface area (Å²) in [4.78, 5) is 282. The zero-order chi connectivity index (χ0) is 97.8. The number of primary amides is 3. The molecule has 2 aromatic carbocycles. The lowest BCUT2D eigenvalue weighted by Gasteiger charge is -2.29. The minimum Gasteiger partial charge on any atom is -0.481 e. The Labute approximate surface area is 764 Å². The third-order valence-corrected chi connectivity index (χ3v) is 22.8. The fraction of sp³-hybridized carbons (Fsp3) is 0.506. The van der Waals surface area contributed by atoms with Crippen LogP contribution in [0.4, 0.5) is 0 Å². The second-order valence-electron chi connectivity index (χ2n) is 32.1. The number of aliphatic hydroxyl groups excluding tert-OH is 1. The first kappa shape index (κ1) is 107. The molecule has 5 aromatic rings. The minimum absolute atomic E-state index is 0.00882. The lowest BCUT2D eigenvalue weighted by molar-refractivity contribution is -0.141. The number of carbonyl (C=O) groups excluding carboxylic acids is 18. The van der Waals surface area contributed by atoms with Gasteiger partial charge in [0.15, 0.2) is 11.9 Å². The normalized spacial score (nSPS) is 21.2. The summed E-state index contributed by atoms with van der Waals surface area (Å²) in [6.07, 6.45) is -1.35. The highest BCUT2D eigenvalue weighted by atomic mass is 33.1. The van der Waals surface area contributed by atoms with Crippen LogP contribution >= 0.6 is 21.6 Å². The van der Waals surface area contributed by atoms with E-state index in [0.29, 0.717) is 32.9 Å². The van der Waals surface area contributed by atoms with Crippen molar-refractivity contribution in [2.24, 2.45) is 40.5 Å². The monoisotopic (exact) mass is 1880 g/mol. The molecule has 18 amide bonds. The molecule has 3 aromatic heterocycles. The fourth-order valence-corrected chi connectivity index (χ4v) is 16.0. The van der Waals surface area contributed by atoms with E-state index in [-0.39, 0.29) is 63.7 Å². The van der Waals surface area contributed by atoms with Crippen LogP contribution in [0.25, 0.3) is 21.8 Å². The van der Waals surface area contributed by atoms with Gasteiger partial charge in [-0.15, -0.1) is 0 Å². The van der Waals surface area contributed by atoms with Crippen molar-refractivity contribution in [3.63, 3.8) is 0 Å². The van der Waals surface area contributed by atoms with Gasteiger partial charge in [0.25, 0.3) is 0 Å². The van der Waals surface area contributed by atoms with Crippen LogP contribution in [0.5, 0.6) is 0 Å². The van der Waals surface area contributed by atoms with Crippen molar-refractivity contribution in [3.05, 3.63) is 90.3 Å². The van der Waals surface area contributed by atoms with Gasteiger partial charge in [-0.3, -0.25) is 102 Å². The van der Waals surface area contributed by atoms with E-state index in [4.69, 9.17) is 39.5 Å². The van der Waals surface area contributed by atoms with Gasteiger partial charge in [-0.05, 0) is 87.5 Å². The summed E-state index contributed by atoms with van der Waals surface area (Å²) in [5, 5.41) is 79.9. The summed E-state index contributed by atoms with van der Waals surface area (Å²) in [7, 11) is 1.45. The van der Waals surface area contributed by atoms with Crippen molar-refractivity contribution < 1.29 is 101 Å². The molecule has 1 saturated heterocycles. The number of aromatic nitrogens is 4. The number of nitrogens with one attached hydrogen (secondary N) is 22. The second kappa shape index (κ2) is 52.5. The zero-order valence-corrected chi connectivity index (χ0v) is 75.2. The number of imidazole rings is 1. The van der Waals surface area contributed by atoms with Gasteiger partial charge in [0.1, 0.15) is 84.6 Å². The summed E-state index contributed by atoms with van der Waals surface area (Å²) in [6, 6.07) is -11.0. The van der Waals surface area contributed by atoms with Gasteiger partial charge in [-0.25, -0.2) is 4.98 Å². The van der Waals surface area contributed by atoms with E-state index in [2.05, 4.69) is 110 Å². The smallest absolute Gasteiger partial charge is 0.305 e. The number of carboxylic acids is 1. The highest BCUT2D eigenvalue weighted by Gasteiger charge is 2.40. The number of carboxylic acid groups (broad SMARTS) is 1. The van der Waals surface area contributed by atoms with E-state index in [1.165, 1.54) is 45.7 Å². The molecule has 720 valence electrons. The number of hydrogen-bond acceptors (Lipinski definition) is 25. The topological polar surface area (TPSA) is 807 Å². The lowest BCUT2D eigenvalue weighted by atomic mass is 9.99. The molecule has 0 radical (unpaired) electrons. The highest BCUT2D eigenvalue weighted by molar-refractivity contribution is 8.76. The van der Waals surface area contributed by atoms with E-state index >= 15 is 24.0 Å². The molecule has 0 saturated carbocycles. The fourth-order valence-electron chi connectivity index (χ4n) is 13.6. The summed E-state index contributed by atoms with van der Waals surface area (Å²) in [5.41, 5.74) is 29.9. The average Bonchev–Trinajstić information content (AvgIpc) is 1.66. The standard InChI is InChI=1S/C81H118N28O21S2/c1-37(2)24-52(102-69(120)49(18-12-22-90-80(85)86)99-75(126)56(28-61(83)113)97-41(7)111)72(123)107-58-34-131-132-35-59(78(129)109-65(40(6)110)66(84)117)106-70(121)50(19-13-23-91-81(87)88)98-74(125)55(27-44-32-89-36-95-44)101-67(118)39(5)96-62(114)33-94-68(119)53(25-42-30-92-47-16-10-8-14-45(42)47)103-76(127)57(29-63(115)116)104-71(122)51(20-21-60(82)112)100-73(124)54(105-79(130)64(38(3)4)108-77(58)128)26-43-31-93-48-17-11-9-15-46(43)48/h8-11,14-17,30-32,36-40,49-59,64-65,92-93,110H,12-13,18-29,33-35H2,1-7H3,(H2,82,112)(H2,83,113)(H2,84,117)(H,89,95)(H,94,119)(H,96,114)(H,97,111)(H,98,125)(H,99,126)(H,100,124)(H,101,118)(H,102,120)(H,103,127)(H,104,122)(H,105,130)(H,106,121)(H,107,123)(H,108,128)(H,109,129)(H,115,116)(H4,85,86,90)(H4,87,88,91)/t39-,40+,49-,50-,51-,52-,53-,54-,55-,56-,57-,58-,59-,64-,65-/m0/s1. The largest absolute Gasteiger partial charge is 0.481 e. The van der Waals surface area contributed by atoms with E-state index in [1.807, 2.05) is 0 Å². The molecule has 1 fully saturated rings. The Balaban J connectivity index is 1.52. The molecule has 1 aliphatic heterocycles. The molecule has 34 N–H and O–H groups in total. The number of fused-ring (bicyclic) bond motifs is 2. The number of guanidine groups is 2. The van der Waals surface area contributed by atoms with Crippen LogP contribution in [0.3, 0.4) is 0 Å². The van der Waals surface area contributed by atoms with Crippen LogP contribution in [0, 0.1) is 22.7 Å². The summed E-state index contributed by atoms with van der Waals surface area (Å²) in [5.74, 6) is -25.1. The zero-order valence-electron chi connectivity index (χ0n) is 73.6. The van der Waals surface area contributed by atoms with Crippen LogP contribution in [-0.2, 0) is 110 Å². The van der Waals surface area contributed by atoms with Crippen LogP contribution in [0.1, 0.15) is 123 Å². The molecule has 132 heavy (non-hydrogen) atoms. The Kier molecular flexibility index (Phi) is 42.4.